The van der Waals surface area contributed by atoms with E-state index in [1.165, 1.54) is 24.0 Å². The van der Waals surface area contributed by atoms with Crippen molar-refractivity contribution < 1.29 is 4.79 Å². The number of hydrogen-bond acceptors (Lipinski definition) is 2. The van der Waals surface area contributed by atoms with Crippen LogP contribution in [0.3, 0.4) is 0 Å². The second kappa shape index (κ2) is 6.09. The zero-order valence-electron chi connectivity index (χ0n) is 12.5. The van der Waals surface area contributed by atoms with Crippen molar-refractivity contribution in [1.82, 2.24) is 4.90 Å². The Balaban J connectivity index is 1.67. The molecule has 1 saturated carbocycles. The number of hydrogen-bond donors (Lipinski definition) is 0. The Morgan fingerprint density at radius 2 is 2.00 bits per heavy atom. The highest BCUT2D eigenvalue weighted by Crippen LogP contribution is 2.28. The summed E-state index contributed by atoms with van der Waals surface area (Å²) in [5, 5.41) is 0. The molecule has 0 radical (unpaired) electrons. The molecule has 1 aromatic rings. The summed E-state index contributed by atoms with van der Waals surface area (Å²) >= 11 is 0. The van der Waals surface area contributed by atoms with Crippen LogP contribution < -0.4 is 0 Å². The molecule has 20 heavy (non-hydrogen) atoms. The van der Waals surface area contributed by atoms with Gasteiger partial charge in [-0.15, -0.1) is 0 Å². The van der Waals surface area contributed by atoms with E-state index in [0.717, 1.165) is 44.8 Å². The minimum absolute atomic E-state index is 0.281. The lowest BCUT2D eigenvalue weighted by Gasteiger charge is -2.30. The Kier molecular flexibility index (Phi) is 4.21. The maximum atomic E-state index is 12.1. The number of rotatable bonds is 2. The molecule has 0 N–H and O–H groups in total. The quantitative estimate of drug-likeness (QED) is 0.821. The fourth-order valence-corrected chi connectivity index (χ4v) is 3.74. The average Bonchev–Trinajstić information content (AvgIpc) is 2.64. The zero-order valence-corrected chi connectivity index (χ0v) is 12.5. The van der Waals surface area contributed by atoms with E-state index in [4.69, 9.17) is 0 Å². The van der Waals surface area contributed by atoms with E-state index < -0.39 is 0 Å². The van der Waals surface area contributed by atoms with Gasteiger partial charge in [-0.2, -0.15) is 0 Å². The van der Waals surface area contributed by atoms with Crippen LogP contribution in [0.1, 0.15) is 43.7 Å². The fourth-order valence-electron chi connectivity index (χ4n) is 3.74. The summed E-state index contributed by atoms with van der Waals surface area (Å²) in [6.45, 7) is 5.41. The second-order valence-corrected chi connectivity index (χ2v) is 6.65. The van der Waals surface area contributed by atoms with E-state index in [0.29, 0.717) is 5.78 Å². The number of benzene rings is 1. The first kappa shape index (κ1) is 13.8. The third kappa shape index (κ3) is 3.12. The molecule has 108 valence electrons. The molecule has 1 aliphatic heterocycles. The summed E-state index contributed by atoms with van der Waals surface area (Å²) in [5.41, 5.74) is 2.96. The van der Waals surface area contributed by atoms with Gasteiger partial charge in [0.25, 0.3) is 0 Å². The first-order valence-corrected chi connectivity index (χ1v) is 8.04. The molecule has 0 spiro atoms. The van der Waals surface area contributed by atoms with E-state index >= 15 is 0 Å². The van der Waals surface area contributed by atoms with E-state index in [1.807, 2.05) is 0 Å². The SMILES string of the molecule is CC1CCC(=O)C(CN2CCCc3ccccc3C2)C1. The van der Waals surface area contributed by atoms with E-state index in [-0.39, 0.29) is 5.92 Å². The topological polar surface area (TPSA) is 20.3 Å². The fraction of sp³-hybridized carbons (Fsp3) is 0.611. The van der Waals surface area contributed by atoms with Gasteiger partial charge in [0.1, 0.15) is 5.78 Å². The second-order valence-electron chi connectivity index (χ2n) is 6.65. The van der Waals surface area contributed by atoms with E-state index in [2.05, 4.69) is 36.1 Å². The Bertz CT molecular complexity index is 482. The van der Waals surface area contributed by atoms with Crippen molar-refractivity contribution in [3.8, 4) is 0 Å². The molecular weight excluding hydrogens is 246 g/mol. The molecule has 2 unspecified atom stereocenters. The molecule has 0 amide bonds. The van der Waals surface area contributed by atoms with Crippen LogP contribution in [-0.4, -0.2) is 23.8 Å². The van der Waals surface area contributed by atoms with Crippen molar-refractivity contribution >= 4 is 5.78 Å². The van der Waals surface area contributed by atoms with Crippen LogP contribution in [0.4, 0.5) is 0 Å². The number of nitrogens with zero attached hydrogens (tertiary/aromatic N) is 1. The molecule has 1 aliphatic carbocycles. The number of fused-ring (bicyclic) bond motifs is 1. The van der Waals surface area contributed by atoms with E-state index in [1.54, 1.807) is 0 Å². The lowest BCUT2D eigenvalue weighted by molar-refractivity contribution is -0.126. The number of Topliss-reactive ketones (excluding diaryl/α,β-unsaturated/α-hetero) is 1. The molecule has 0 bridgehead atoms. The predicted molar refractivity (Wildman–Crippen MR) is 81.6 cm³/mol. The third-order valence-corrected chi connectivity index (χ3v) is 4.94. The van der Waals surface area contributed by atoms with Crippen molar-refractivity contribution in [2.24, 2.45) is 11.8 Å². The standard InChI is InChI=1S/C18H25NO/c1-14-8-9-18(20)17(11-14)13-19-10-4-7-15-5-2-3-6-16(15)12-19/h2-3,5-6,14,17H,4,7-13H2,1H3. The van der Waals surface area contributed by atoms with Gasteiger partial charge in [0.2, 0.25) is 0 Å². The molecule has 2 atom stereocenters. The maximum absolute atomic E-state index is 12.1. The summed E-state index contributed by atoms with van der Waals surface area (Å²) in [5.74, 6) is 1.50. The van der Waals surface area contributed by atoms with Crippen molar-refractivity contribution in [3.63, 3.8) is 0 Å². The first-order valence-electron chi connectivity index (χ1n) is 8.04. The van der Waals surface area contributed by atoms with Crippen molar-refractivity contribution in [3.05, 3.63) is 35.4 Å². The van der Waals surface area contributed by atoms with Gasteiger partial charge in [-0.05, 0) is 49.3 Å². The van der Waals surface area contributed by atoms with Crippen LogP contribution in [0.5, 0.6) is 0 Å². The Morgan fingerprint density at radius 3 is 2.85 bits per heavy atom. The normalized spacial score (nSPS) is 27.9. The van der Waals surface area contributed by atoms with Crippen molar-refractivity contribution in [2.45, 2.75) is 45.6 Å². The monoisotopic (exact) mass is 271 g/mol. The summed E-state index contributed by atoms with van der Waals surface area (Å²) in [7, 11) is 0. The number of carbonyl (C=O) groups excluding carboxylic acids is 1. The number of carbonyl (C=O) groups is 1. The molecule has 1 fully saturated rings. The third-order valence-electron chi connectivity index (χ3n) is 4.94. The first-order chi connectivity index (χ1) is 9.72. The lowest BCUT2D eigenvalue weighted by Crippen LogP contribution is -2.36. The minimum atomic E-state index is 0.281. The zero-order chi connectivity index (χ0) is 13.9. The summed E-state index contributed by atoms with van der Waals surface area (Å²) in [4.78, 5) is 14.6. The summed E-state index contributed by atoms with van der Waals surface area (Å²) < 4.78 is 0. The average molecular weight is 271 g/mol. The molecule has 0 saturated heterocycles. The minimum Gasteiger partial charge on any atom is -0.299 e. The highest BCUT2D eigenvalue weighted by Gasteiger charge is 2.28. The molecular formula is C18H25NO. The van der Waals surface area contributed by atoms with E-state index in [9.17, 15) is 4.79 Å². The van der Waals surface area contributed by atoms with Crippen LogP contribution in [-0.2, 0) is 17.8 Å². The van der Waals surface area contributed by atoms with Crippen LogP contribution in [0.15, 0.2) is 24.3 Å². The van der Waals surface area contributed by atoms with Crippen molar-refractivity contribution in [1.29, 1.82) is 0 Å². The van der Waals surface area contributed by atoms with Gasteiger partial charge in [-0.3, -0.25) is 9.69 Å². The van der Waals surface area contributed by atoms with Crippen LogP contribution in [0.25, 0.3) is 0 Å². The summed E-state index contributed by atoms with van der Waals surface area (Å²) in [6, 6.07) is 8.78. The Labute approximate surface area is 122 Å². The van der Waals surface area contributed by atoms with Gasteiger partial charge in [0, 0.05) is 25.4 Å². The van der Waals surface area contributed by atoms with Crippen LogP contribution in [0, 0.1) is 11.8 Å². The van der Waals surface area contributed by atoms with Crippen LogP contribution >= 0.6 is 0 Å². The molecule has 2 heteroatoms. The summed E-state index contributed by atoms with van der Waals surface area (Å²) in [6.07, 6.45) is 5.39. The smallest absolute Gasteiger partial charge is 0.137 e. The molecule has 0 aromatic heterocycles. The highest BCUT2D eigenvalue weighted by molar-refractivity contribution is 5.81. The lowest BCUT2D eigenvalue weighted by atomic mass is 9.81. The Hall–Kier alpha value is -1.15. The molecule has 2 aliphatic rings. The van der Waals surface area contributed by atoms with Crippen molar-refractivity contribution in [2.75, 3.05) is 13.1 Å². The largest absolute Gasteiger partial charge is 0.299 e. The van der Waals surface area contributed by atoms with Gasteiger partial charge in [-0.25, -0.2) is 0 Å². The van der Waals surface area contributed by atoms with Gasteiger partial charge >= 0.3 is 0 Å². The molecule has 1 heterocycles. The van der Waals surface area contributed by atoms with Crippen LogP contribution in [0.2, 0.25) is 0 Å². The predicted octanol–water partition coefficient (Wildman–Crippen LogP) is 3.44. The van der Waals surface area contributed by atoms with Gasteiger partial charge in [-0.1, -0.05) is 31.2 Å². The molecule has 3 rings (SSSR count). The van der Waals surface area contributed by atoms with Gasteiger partial charge in [0.15, 0.2) is 0 Å². The number of ketones is 1. The maximum Gasteiger partial charge on any atom is 0.137 e. The highest BCUT2D eigenvalue weighted by atomic mass is 16.1. The Morgan fingerprint density at radius 1 is 1.20 bits per heavy atom. The molecule has 2 nitrogen and oxygen atoms in total. The molecule has 1 aromatic carbocycles. The number of aryl methyl sites for hydroxylation is 1. The van der Waals surface area contributed by atoms with Gasteiger partial charge in [0.05, 0.1) is 0 Å². The van der Waals surface area contributed by atoms with Gasteiger partial charge < -0.3 is 0 Å².